The van der Waals surface area contributed by atoms with E-state index in [1.165, 1.54) is 19.3 Å². The van der Waals surface area contributed by atoms with E-state index in [0.29, 0.717) is 30.3 Å². The lowest BCUT2D eigenvalue weighted by atomic mass is 9.85. The van der Waals surface area contributed by atoms with Gasteiger partial charge in [-0.15, -0.1) is 0 Å². The molecule has 22 heavy (non-hydrogen) atoms. The average molecular weight is 303 g/mol. The third kappa shape index (κ3) is 3.30. The van der Waals surface area contributed by atoms with Crippen molar-refractivity contribution < 1.29 is 4.79 Å². The summed E-state index contributed by atoms with van der Waals surface area (Å²) in [4.78, 5) is 17.6. The first-order chi connectivity index (χ1) is 10.7. The molecule has 2 aliphatic heterocycles. The summed E-state index contributed by atoms with van der Waals surface area (Å²) in [6.45, 7) is 5.24. The second-order valence-electron chi connectivity index (χ2n) is 7.66. The molecule has 0 aromatic rings. The largest absolute Gasteiger partial charge is 0.327 e. The van der Waals surface area contributed by atoms with Gasteiger partial charge in [0.15, 0.2) is 0 Å². The van der Waals surface area contributed by atoms with Crippen LogP contribution < -0.4 is 0 Å². The van der Waals surface area contributed by atoms with Crippen molar-refractivity contribution in [2.24, 2.45) is 17.8 Å². The lowest BCUT2D eigenvalue weighted by Crippen LogP contribution is -2.62. The molecule has 3 aliphatic rings. The molecule has 0 spiro atoms. The lowest BCUT2D eigenvalue weighted by molar-refractivity contribution is -0.151. The standard InChI is InChI=1S/C18H29N3O/c1-14-8-10-21(18(22)16-5-3-2-4-6-16)17(11-14)20-12-15(13-20)7-9-19/h14-17H,2-8,10-13H2,1H3. The van der Waals surface area contributed by atoms with Gasteiger partial charge >= 0.3 is 0 Å². The van der Waals surface area contributed by atoms with Gasteiger partial charge in [-0.05, 0) is 37.5 Å². The van der Waals surface area contributed by atoms with E-state index < -0.39 is 0 Å². The second-order valence-corrected chi connectivity index (χ2v) is 7.66. The van der Waals surface area contributed by atoms with Crippen LogP contribution in [0.5, 0.6) is 0 Å². The number of hydrogen-bond acceptors (Lipinski definition) is 3. The summed E-state index contributed by atoms with van der Waals surface area (Å²) < 4.78 is 0. The van der Waals surface area contributed by atoms with E-state index in [2.05, 4.69) is 22.8 Å². The van der Waals surface area contributed by atoms with Gasteiger partial charge in [-0.1, -0.05) is 26.2 Å². The molecule has 4 nitrogen and oxygen atoms in total. The zero-order valence-electron chi connectivity index (χ0n) is 13.8. The molecular formula is C18H29N3O. The molecule has 1 aliphatic carbocycles. The van der Waals surface area contributed by atoms with E-state index in [4.69, 9.17) is 5.26 Å². The third-order valence-corrected chi connectivity index (χ3v) is 5.86. The molecule has 2 saturated heterocycles. The summed E-state index contributed by atoms with van der Waals surface area (Å²) >= 11 is 0. The minimum Gasteiger partial charge on any atom is -0.327 e. The van der Waals surface area contributed by atoms with E-state index >= 15 is 0 Å². The Morgan fingerprint density at radius 1 is 1.18 bits per heavy atom. The molecule has 0 aromatic carbocycles. The molecule has 3 fully saturated rings. The maximum atomic E-state index is 13.0. The Hall–Kier alpha value is -1.08. The van der Waals surface area contributed by atoms with Gasteiger partial charge in [0.05, 0.1) is 12.2 Å². The van der Waals surface area contributed by atoms with Crippen molar-refractivity contribution in [3.63, 3.8) is 0 Å². The van der Waals surface area contributed by atoms with Crippen LogP contribution in [0.2, 0.25) is 0 Å². The summed E-state index contributed by atoms with van der Waals surface area (Å²) in [5, 5.41) is 8.82. The van der Waals surface area contributed by atoms with Gasteiger partial charge in [-0.3, -0.25) is 9.69 Å². The van der Waals surface area contributed by atoms with Crippen LogP contribution in [0.1, 0.15) is 58.3 Å². The van der Waals surface area contributed by atoms with Gasteiger partial charge in [-0.2, -0.15) is 5.26 Å². The van der Waals surface area contributed by atoms with E-state index in [0.717, 1.165) is 45.3 Å². The molecule has 122 valence electrons. The normalized spacial score (nSPS) is 31.5. The molecule has 0 bridgehead atoms. The van der Waals surface area contributed by atoms with Crippen molar-refractivity contribution in [3.05, 3.63) is 0 Å². The molecule has 4 heteroatoms. The smallest absolute Gasteiger partial charge is 0.226 e. The Labute approximate surface area is 134 Å². The SMILES string of the molecule is CC1CCN(C(=O)C2CCCCC2)C(N2CC(CC#N)C2)C1. The zero-order chi connectivity index (χ0) is 15.5. The number of likely N-dealkylation sites (tertiary alicyclic amines) is 2. The van der Waals surface area contributed by atoms with Gasteiger partial charge in [0.1, 0.15) is 0 Å². The summed E-state index contributed by atoms with van der Waals surface area (Å²) in [6, 6.07) is 2.28. The fraction of sp³-hybridized carbons (Fsp3) is 0.889. The first-order valence-corrected chi connectivity index (χ1v) is 9.10. The zero-order valence-corrected chi connectivity index (χ0v) is 13.8. The summed E-state index contributed by atoms with van der Waals surface area (Å²) in [7, 11) is 0. The van der Waals surface area contributed by atoms with Crippen LogP contribution >= 0.6 is 0 Å². The van der Waals surface area contributed by atoms with Crippen molar-refractivity contribution in [1.29, 1.82) is 5.26 Å². The number of carbonyl (C=O) groups is 1. The van der Waals surface area contributed by atoms with Gasteiger partial charge in [0.25, 0.3) is 0 Å². The Balaban J connectivity index is 1.63. The molecule has 2 unspecified atom stereocenters. The van der Waals surface area contributed by atoms with Crippen LogP contribution in [0, 0.1) is 29.1 Å². The predicted molar refractivity (Wildman–Crippen MR) is 85.8 cm³/mol. The fourth-order valence-electron chi connectivity index (χ4n) is 4.41. The second kappa shape index (κ2) is 7.00. The van der Waals surface area contributed by atoms with E-state index in [9.17, 15) is 4.79 Å². The molecule has 3 rings (SSSR count). The quantitative estimate of drug-likeness (QED) is 0.805. The number of piperidine rings is 1. The number of rotatable bonds is 3. The van der Waals surface area contributed by atoms with Crippen LogP contribution in [-0.4, -0.2) is 41.5 Å². The van der Waals surface area contributed by atoms with Gasteiger partial charge in [0.2, 0.25) is 5.91 Å². The van der Waals surface area contributed by atoms with Crippen LogP contribution in [0.3, 0.4) is 0 Å². The van der Waals surface area contributed by atoms with Gasteiger partial charge < -0.3 is 4.90 Å². The Morgan fingerprint density at radius 3 is 2.59 bits per heavy atom. The summed E-state index contributed by atoms with van der Waals surface area (Å²) in [6.07, 6.45) is 9.14. The molecule has 0 N–H and O–H groups in total. The number of amides is 1. The molecule has 1 saturated carbocycles. The highest BCUT2D eigenvalue weighted by Gasteiger charge is 2.41. The van der Waals surface area contributed by atoms with Crippen molar-refractivity contribution in [3.8, 4) is 6.07 Å². The maximum Gasteiger partial charge on any atom is 0.226 e. The van der Waals surface area contributed by atoms with Crippen molar-refractivity contribution in [2.45, 2.75) is 64.5 Å². The number of nitriles is 1. The number of carbonyl (C=O) groups excluding carboxylic acids is 1. The molecule has 0 aromatic heterocycles. The molecule has 0 radical (unpaired) electrons. The summed E-state index contributed by atoms with van der Waals surface area (Å²) in [5.41, 5.74) is 0. The Kier molecular flexibility index (Phi) is 5.03. The fourth-order valence-corrected chi connectivity index (χ4v) is 4.41. The highest BCUT2D eigenvalue weighted by Crippen LogP contribution is 2.34. The van der Waals surface area contributed by atoms with Gasteiger partial charge in [0, 0.05) is 32.0 Å². The van der Waals surface area contributed by atoms with E-state index in [-0.39, 0.29) is 5.92 Å². The average Bonchev–Trinajstić information content (AvgIpc) is 2.50. The molecule has 1 amide bonds. The first-order valence-electron chi connectivity index (χ1n) is 9.10. The highest BCUT2D eigenvalue weighted by atomic mass is 16.2. The topological polar surface area (TPSA) is 47.3 Å². The van der Waals surface area contributed by atoms with E-state index in [1.54, 1.807) is 0 Å². The van der Waals surface area contributed by atoms with Crippen LogP contribution in [0.4, 0.5) is 0 Å². The van der Waals surface area contributed by atoms with Crippen LogP contribution in [0.25, 0.3) is 0 Å². The van der Waals surface area contributed by atoms with Crippen molar-refractivity contribution in [1.82, 2.24) is 9.80 Å². The number of nitrogens with zero attached hydrogens (tertiary/aromatic N) is 3. The van der Waals surface area contributed by atoms with Crippen LogP contribution in [-0.2, 0) is 4.79 Å². The van der Waals surface area contributed by atoms with E-state index in [1.807, 2.05) is 0 Å². The molecular weight excluding hydrogens is 274 g/mol. The predicted octanol–water partition coefficient (Wildman–Crippen LogP) is 3.00. The number of hydrogen-bond donors (Lipinski definition) is 0. The third-order valence-electron chi connectivity index (χ3n) is 5.86. The summed E-state index contributed by atoms with van der Waals surface area (Å²) in [5.74, 6) is 1.92. The minimum atomic E-state index is 0.279. The van der Waals surface area contributed by atoms with Crippen molar-refractivity contribution >= 4 is 5.91 Å². The monoisotopic (exact) mass is 303 g/mol. The minimum absolute atomic E-state index is 0.279. The lowest BCUT2D eigenvalue weighted by Gasteiger charge is -2.51. The Bertz CT molecular complexity index is 432. The molecule has 2 atom stereocenters. The molecule has 2 heterocycles. The van der Waals surface area contributed by atoms with Crippen LogP contribution in [0.15, 0.2) is 0 Å². The highest BCUT2D eigenvalue weighted by molar-refractivity contribution is 5.79. The maximum absolute atomic E-state index is 13.0. The first kappa shape index (κ1) is 15.8. The van der Waals surface area contributed by atoms with Gasteiger partial charge in [-0.25, -0.2) is 0 Å². The Morgan fingerprint density at radius 2 is 1.91 bits per heavy atom. The van der Waals surface area contributed by atoms with Crippen molar-refractivity contribution in [2.75, 3.05) is 19.6 Å².